The van der Waals surface area contributed by atoms with Gasteiger partial charge in [-0.15, -0.1) is 0 Å². The van der Waals surface area contributed by atoms with Gasteiger partial charge in [0, 0.05) is 37.6 Å². The molecule has 0 saturated heterocycles. The Bertz CT molecular complexity index is 1170. The minimum atomic E-state index is -3.86. The van der Waals surface area contributed by atoms with Crippen molar-refractivity contribution in [3.8, 4) is 5.75 Å². The minimum Gasteiger partial charge on any atom is -0.493 e. The number of benzene rings is 1. The maximum Gasteiger partial charge on any atom is 0.242 e. The summed E-state index contributed by atoms with van der Waals surface area (Å²) in [6.45, 7) is -0.282. The lowest BCUT2D eigenvalue weighted by Gasteiger charge is -2.19. The Morgan fingerprint density at radius 3 is 2.71 bits per heavy atom. The summed E-state index contributed by atoms with van der Waals surface area (Å²) in [6.07, 6.45) is 4.43. The van der Waals surface area contributed by atoms with Gasteiger partial charge in [-0.05, 0) is 17.7 Å². The number of ether oxygens (including phenoxy) is 1. The van der Waals surface area contributed by atoms with Gasteiger partial charge in [-0.2, -0.15) is 5.10 Å². The van der Waals surface area contributed by atoms with Crippen LogP contribution < -0.4 is 14.8 Å². The van der Waals surface area contributed by atoms with E-state index in [1.54, 1.807) is 24.1 Å². The lowest BCUT2D eigenvalue weighted by atomic mass is 10.1. The zero-order valence-corrected chi connectivity index (χ0v) is 18.3. The van der Waals surface area contributed by atoms with E-state index in [-0.39, 0.29) is 34.6 Å². The Kier molecular flexibility index (Phi) is 7.11. The number of pyridine rings is 1. The van der Waals surface area contributed by atoms with Crippen molar-refractivity contribution in [1.29, 1.82) is 0 Å². The highest BCUT2D eigenvalue weighted by atomic mass is 35.5. The molecule has 1 aromatic carbocycles. The van der Waals surface area contributed by atoms with Crippen molar-refractivity contribution in [2.75, 3.05) is 19.0 Å². The second-order valence-electron chi connectivity index (χ2n) is 6.62. The van der Waals surface area contributed by atoms with Crippen molar-refractivity contribution in [3.05, 3.63) is 64.8 Å². The van der Waals surface area contributed by atoms with E-state index < -0.39 is 21.9 Å². The molecule has 0 saturated carbocycles. The van der Waals surface area contributed by atoms with Crippen molar-refractivity contribution in [3.63, 3.8) is 0 Å². The number of methoxy groups -OCH3 is 1. The monoisotopic (exact) mass is 469 g/mol. The van der Waals surface area contributed by atoms with Gasteiger partial charge in [0.2, 0.25) is 10.0 Å². The standard InChI is InChI=1S/C19H21ClFN5O4S/c1-26-10-12(7-23-26)8-24-31(28,29)14-6-18(30-2)19(22-9-14)25-17(11-27)13-3-4-16(21)15(20)5-13/h3-7,9-10,17,24,27H,8,11H2,1-2H3,(H,22,25). The fraction of sp³-hybridized carbons (Fsp3) is 0.263. The van der Waals surface area contributed by atoms with Gasteiger partial charge >= 0.3 is 0 Å². The zero-order valence-electron chi connectivity index (χ0n) is 16.7. The van der Waals surface area contributed by atoms with Crippen molar-refractivity contribution < 1.29 is 22.7 Å². The number of rotatable bonds is 9. The molecule has 12 heteroatoms. The van der Waals surface area contributed by atoms with E-state index in [1.807, 2.05) is 0 Å². The summed E-state index contributed by atoms with van der Waals surface area (Å²) in [5.41, 5.74) is 1.22. The van der Waals surface area contributed by atoms with Crippen LogP contribution in [0.4, 0.5) is 10.2 Å². The molecule has 166 valence electrons. The van der Waals surface area contributed by atoms with E-state index in [2.05, 4.69) is 20.1 Å². The van der Waals surface area contributed by atoms with Crippen LogP contribution in [0.25, 0.3) is 0 Å². The predicted octanol–water partition coefficient (Wildman–Crippen LogP) is 2.24. The molecule has 0 fully saturated rings. The van der Waals surface area contributed by atoms with Gasteiger partial charge in [-0.25, -0.2) is 22.5 Å². The molecule has 3 aromatic rings. The molecule has 0 amide bonds. The van der Waals surface area contributed by atoms with Crippen LogP contribution >= 0.6 is 11.6 Å². The first-order valence-corrected chi connectivity index (χ1v) is 10.9. The molecule has 1 unspecified atom stereocenters. The second-order valence-corrected chi connectivity index (χ2v) is 8.80. The Morgan fingerprint density at radius 1 is 1.32 bits per heavy atom. The summed E-state index contributed by atoms with van der Waals surface area (Å²) in [5, 5.41) is 16.6. The van der Waals surface area contributed by atoms with Crippen LogP contribution in [0.15, 0.2) is 47.8 Å². The Labute approximate surface area is 183 Å². The number of hydrogen-bond acceptors (Lipinski definition) is 7. The highest BCUT2D eigenvalue weighted by Gasteiger charge is 2.20. The van der Waals surface area contributed by atoms with Crippen molar-refractivity contribution in [2.24, 2.45) is 7.05 Å². The number of aryl methyl sites for hydroxylation is 1. The number of aliphatic hydroxyl groups is 1. The first-order valence-electron chi connectivity index (χ1n) is 9.07. The number of aliphatic hydroxyl groups excluding tert-OH is 1. The predicted molar refractivity (Wildman–Crippen MR) is 113 cm³/mol. The molecule has 0 aliphatic carbocycles. The van der Waals surface area contributed by atoms with Crippen LogP contribution in [0.5, 0.6) is 5.75 Å². The first kappa shape index (κ1) is 22.9. The van der Waals surface area contributed by atoms with E-state index in [0.29, 0.717) is 11.1 Å². The highest BCUT2D eigenvalue weighted by molar-refractivity contribution is 7.89. The number of aromatic nitrogens is 3. The van der Waals surface area contributed by atoms with E-state index in [4.69, 9.17) is 16.3 Å². The van der Waals surface area contributed by atoms with Gasteiger partial charge < -0.3 is 15.2 Å². The normalized spacial score (nSPS) is 12.5. The van der Waals surface area contributed by atoms with Gasteiger partial charge in [-0.3, -0.25) is 4.68 Å². The van der Waals surface area contributed by atoms with Gasteiger partial charge in [-0.1, -0.05) is 17.7 Å². The van der Waals surface area contributed by atoms with Crippen molar-refractivity contribution >= 4 is 27.4 Å². The quantitative estimate of drug-likeness (QED) is 0.439. The SMILES string of the molecule is COc1cc(S(=O)(=O)NCc2cnn(C)c2)cnc1NC(CO)c1ccc(F)c(Cl)c1. The molecule has 0 radical (unpaired) electrons. The molecule has 0 bridgehead atoms. The number of hydrogen-bond donors (Lipinski definition) is 3. The highest BCUT2D eigenvalue weighted by Crippen LogP contribution is 2.29. The third-order valence-electron chi connectivity index (χ3n) is 4.42. The molecule has 0 aliphatic heterocycles. The van der Waals surface area contributed by atoms with E-state index >= 15 is 0 Å². The fourth-order valence-electron chi connectivity index (χ4n) is 2.79. The Hall–Kier alpha value is -2.73. The summed E-state index contributed by atoms with van der Waals surface area (Å²) in [7, 11) is -0.761. The first-order chi connectivity index (χ1) is 14.7. The van der Waals surface area contributed by atoms with Crippen molar-refractivity contribution in [1.82, 2.24) is 19.5 Å². The lowest BCUT2D eigenvalue weighted by Crippen LogP contribution is -2.23. The van der Waals surface area contributed by atoms with E-state index in [9.17, 15) is 17.9 Å². The van der Waals surface area contributed by atoms with Crippen LogP contribution in [-0.2, 0) is 23.6 Å². The summed E-state index contributed by atoms with van der Waals surface area (Å²) < 4.78 is 48.0. The Morgan fingerprint density at radius 2 is 2.10 bits per heavy atom. The number of halogens is 2. The molecule has 9 nitrogen and oxygen atoms in total. The average molecular weight is 470 g/mol. The second kappa shape index (κ2) is 9.60. The van der Waals surface area contributed by atoms with Crippen LogP contribution in [0.1, 0.15) is 17.2 Å². The fourth-order valence-corrected chi connectivity index (χ4v) is 3.96. The molecular formula is C19H21ClFN5O4S. The lowest BCUT2D eigenvalue weighted by molar-refractivity contribution is 0.275. The molecule has 2 aromatic heterocycles. The van der Waals surface area contributed by atoms with Crippen LogP contribution in [0.2, 0.25) is 5.02 Å². The van der Waals surface area contributed by atoms with Crippen LogP contribution in [0, 0.1) is 5.82 Å². The molecule has 31 heavy (non-hydrogen) atoms. The maximum absolute atomic E-state index is 13.4. The molecule has 1 atom stereocenters. The molecule has 2 heterocycles. The molecular weight excluding hydrogens is 449 g/mol. The Balaban J connectivity index is 1.80. The molecule has 0 spiro atoms. The smallest absolute Gasteiger partial charge is 0.242 e. The minimum absolute atomic E-state index is 0.0659. The van der Waals surface area contributed by atoms with Crippen LogP contribution in [-0.4, -0.2) is 42.0 Å². The third-order valence-corrected chi connectivity index (χ3v) is 6.08. The summed E-state index contributed by atoms with van der Waals surface area (Å²) in [5.74, 6) is -0.227. The molecule has 0 aliphatic rings. The van der Waals surface area contributed by atoms with E-state index in [0.717, 1.165) is 0 Å². The number of nitrogens with one attached hydrogen (secondary N) is 2. The third kappa shape index (κ3) is 5.50. The number of nitrogens with zero attached hydrogens (tertiary/aromatic N) is 3. The zero-order chi connectivity index (χ0) is 22.6. The van der Waals surface area contributed by atoms with E-state index in [1.165, 1.54) is 37.6 Å². The van der Waals surface area contributed by atoms with Gasteiger partial charge in [0.15, 0.2) is 11.6 Å². The van der Waals surface area contributed by atoms with Gasteiger partial charge in [0.25, 0.3) is 0 Å². The summed E-state index contributed by atoms with van der Waals surface area (Å²) >= 11 is 5.82. The summed E-state index contributed by atoms with van der Waals surface area (Å²) in [4.78, 5) is 4.04. The number of sulfonamides is 1. The van der Waals surface area contributed by atoms with Gasteiger partial charge in [0.05, 0.1) is 31.0 Å². The summed E-state index contributed by atoms with van der Waals surface area (Å²) in [6, 6.07) is 4.69. The molecule has 3 N–H and O–H groups in total. The van der Waals surface area contributed by atoms with Crippen LogP contribution in [0.3, 0.4) is 0 Å². The largest absolute Gasteiger partial charge is 0.493 e. The van der Waals surface area contributed by atoms with Crippen molar-refractivity contribution in [2.45, 2.75) is 17.5 Å². The topological polar surface area (TPSA) is 118 Å². The van der Waals surface area contributed by atoms with Gasteiger partial charge in [0.1, 0.15) is 10.7 Å². The number of anilines is 1. The molecule has 3 rings (SSSR count). The average Bonchev–Trinajstić information content (AvgIpc) is 3.18. The maximum atomic E-state index is 13.4.